The fourth-order valence-electron chi connectivity index (χ4n) is 3.32. The zero-order valence-electron chi connectivity index (χ0n) is 17.9. The number of ether oxygens (including phenoxy) is 1. The van der Waals surface area contributed by atoms with Crippen molar-refractivity contribution in [1.29, 1.82) is 0 Å². The third-order valence-corrected chi connectivity index (χ3v) is 4.93. The van der Waals surface area contributed by atoms with Crippen LogP contribution < -0.4 is 15.8 Å². The fourth-order valence-corrected chi connectivity index (χ4v) is 3.32. The summed E-state index contributed by atoms with van der Waals surface area (Å²) in [6, 6.07) is 25.7. The van der Waals surface area contributed by atoms with Gasteiger partial charge in [-0.2, -0.15) is 0 Å². The van der Waals surface area contributed by atoms with Gasteiger partial charge in [0.25, 0.3) is 0 Å². The maximum Gasteiger partial charge on any atom is 0.143 e. The number of rotatable bonds is 7. The van der Waals surface area contributed by atoms with Crippen LogP contribution in [0.25, 0.3) is 11.1 Å². The van der Waals surface area contributed by atoms with Crippen LogP contribution in [-0.4, -0.2) is 9.97 Å². The quantitative estimate of drug-likeness (QED) is 0.347. The topological polar surface area (TPSA) is 73.1 Å². The van der Waals surface area contributed by atoms with Crippen molar-refractivity contribution >= 4 is 17.3 Å². The lowest BCUT2D eigenvalue weighted by Gasteiger charge is -2.14. The van der Waals surface area contributed by atoms with Crippen molar-refractivity contribution in [3.63, 3.8) is 0 Å². The summed E-state index contributed by atoms with van der Waals surface area (Å²) in [4.78, 5) is 8.62. The molecule has 0 aliphatic carbocycles. The summed E-state index contributed by atoms with van der Waals surface area (Å²) in [6.07, 6.45) is 3.26. The standard InChI is InChI=1S/C27H24N4O/c1-2-3-5-8-20-11-15-22(16-12-20)31-27-25(26(28)29-19-30-27)21-13-17-24(18-14-21)32-23-9-6-4-7-10-23/h4,6-7,9-19H,5,8H2,1H3,(H3,28,29,30,31). The molecule has 32 heavy (non-hydrogen) atoms. The molecule has 5 heteroatoms. The Balaban J connectivity index is 1.53. The minimum absolute atomic E-state index is 0.411. The van der Waals surface area contributed by atoms with E-state index in [1.54, 1.807) is 0 Å². The van der Waals surface area contributed by atoms with Gasteiger partial charge in [0.1, 0.15) is 29.5 Å². The maximum absolute atomic E-state index is 6.23. The monoisotopic (exact) mass is 420 g/mol. The van der Waals surface area contributed by atoms with Crippen LogP contribution in [0.1, 0.15) is 18.9 Å². The Labute approximate surface area is 188 Å². The number of hydrogen-bond donors (Lipinski definition) is 2. The third-order valence-electron chi connectivity index (χ3n) is 4.93. The Morgan fingerprint density at radius 2 is 1.59 bits per heavy atom. The number of nitrogens with two attached hydrogens (primary N) is 1. The van der Waals surface area contributed by atoms with Gasteiger partial charge in [0.05, 0.1) is 5.56 Å². The van der Waals surface area contributed by atoms with Gasteiger partial charge in [0, 0.05) is 12.1 Å². The Kier molecular flexibility index (Phi) is 6.64. The lowest BCUT2D eigenvalue weighted by Crippen LogP contribution is -2.02. The first-order chi connectivity index (χ1) is 15.7. The smallest absolute Gasteiger partial charge is 0.143 e. The molecule has 0 spiro atoms. The molecule has 0 saturated heterocycles. The van der Waals surface area contributed by atoms with E-state index in [0.717, 1.165) is 41.2 Å². The van der Waals surface area contributed by atoms with Crippen LogP contribution in [0, 0.1) is 11.8 Å². The molecule has 5 nitrogen and oxygen atoms in total. The minimum atomic E-state index is 0.411. The predicted molar refractivity (Wildman–Crippen MR) is 130 cm³/mol. The Morgan fingerprint density at radius 1 is 0.875 bits per heavy atom. The molecule has 4 aromatic rings. The zero-order chi connectivity index (χ0) is 22.2. The summed E-state index contributed by atoms with van der Waals surface area (Å²) < 4.78 is 5.89. The molecule has 0 atom stereocenters. The van der Waals surface area contributed by atoms with Crippen LogP contribution in [0.2, 0.25) is 0 Å². The maximum atomic E-state index is 6.23. The second-order valence-corrected chi connectivity index (χ2v) is 7.17. The average molecular weight is 421 g/mol. The van der Waals surface area contributed by atoms with E-state index in [4.69, 9.17) is 10.5 Å². The highest BCUT2D eigenvalue weighted by molar-refractivity contribution is 5.85. The predicted octanol–water partition coefficient (Wildman–Crippen LogP) is 6.22. The lowest BCUT2D eigenvalue weighted by molar-refractivity contribution is 0.483. The molecule has 0 fully saturated rings. The van der Waals surface area contributed by atoms with Gasteiger partial charge in [-0.05, 0) is 60.9 Å². The van der Waals surface area contributed by atoms with Gasteiger partial charge in [-0.25, -0.2) is 9.97 Å². The molecule has 1 aromatic heterocycles. The number of nitrogens with one attached hydrogen (secondary N) is 1. The molecule has 0 radical (unpaired) electrons. The normalized spacial score (nSPS) is 10.2. The van der Waals surface area contributed by atoms with Crippen LogP contribution in [0.15, 0.2) is 85.2 Å². The number of anilines is 3. The van der Waals surface area contributed by atoms with E-state index >= 15 is 0 Å². The molecular formula is C27H24N4O. The van der Waals surface area contributed by atoms with Gasteiger partial charge in [-0.1, -0.05) is 42.5 Å². The molecule has 0 unspecified atom stereocenters. The fraction of sp³-hybridized carbons (Fsp3) is 0.111. The van der Waals surface area contributed by atoms with Gasteiger partial charge < -0.3 is 15.8 Å². The summed E-state index contributed by atoms with van der Waals surface area (Å²) in [5, 5.41) is 3.37. The van der Waals surface area contributed by atoms with Gasteiger partial charge >= 0.3 is 0 Å². The van der Waals surface area contributed by atoms with E-state index in [0.29, 0.717) is 11.6 Å². The van der Waals surface area contributed by atoms with Crippen molar-refractivity contribution in [3.8, 4) is 34.5 Å². The molecule has 1 heterocycles. The molecule has 3 N–H and O–H groups in total. The molecule has 158 valence electrons. The molecule has 0 saturated carbocycles. The van der Waals surface area contributed by atoms with E-state index in [-0.39, 0.29) is 0 Å². The van der Waals surface area contributed by atoms with Crippen molar-refractivity contribution in [1.82, 2.24) is 9.97 Å². The number of aromatic nitrogens is 2. The highest BCUT2D eigenvalue weighted by Gasteiger charge is 2.12. The Hall–Kier alpha value is -4.30. The van der Waals surface area contributed by atoms with Gasteiger partial charge in [0.15, 0.2) is 0 Å². The van der Waals surface area contributed by atoms with E-state index < -0.39 is 0 Å². The van der Waals surface area contributed by atoms with Crippen molar-refractivity contribution in [2.45, 2.75) is 19.8 Å². The number of aryl methyl sites for hydroxylation is 1. The number of nitrogen functional groups attached to an aromatic ring is 1. The van der Waals surface area contributed by atoms with Crippen molar-refractivity contribution in [2.75, 3.05) is 11.1 Å². The first kappa shape index (κ1) is 21.0. The highest BCUT2D eigenvalue weighted by atomic mass is 16.5. The SMILES string of the molecule is CC#CCCc1ccc(Nc2ncnc(N)c2-c2ccc(Oc3ccccc3)cc2)cc1. The largest absolute Gasteiger partial charge is 0.457 e. The molecule has 3 aromatic carbocycles. The van der Waals surface area contributed by atoms with Crippen molar-refractivity contribution in [3.05, 3.63) is 90.8 Å². The van der Waals surface area contributed by atoms with E-state index in [2.05, 4.69) is 39.3 Å². The molecule has 0 amide bonds. The summed E-state index contributed by atoms with van der Waals surface area (Å²) in [5.41, 5.74) is 10.1. The van der Waals surface area contributed by atoms with Crippen LogP contribution in [0.3, 0.4) is 0 Å². The highest BCUT2D eigenvalue weighted by Crippen LogP contribution is 2.34. The lowest BCUT2D eigenvalue weighted by atomic mass is 10.1. The molecule has 0 aliphatic rings. The number of benzene rings is 3. The summed E-state index contributed by atoms with van der Waals surface area (Å²) in [5.74, 6) is 8.62. The van der Waals surface area contributed by atoms with Crippen LogP contribution in [-0.2, 0) is 6.42 Å². The molecule has 4 rings (SSSR count). The van der Waals surface area contributed by atoms with E-state index in [1.165, 1.54) is 11.9 Å². The van der Waals surface area contributed by atoms with Crippen LogP contribution >= 0.6 is 0 Å². The summed E-state index contributed by atoms with van der Waals surface area (Å²) in [7, 11) is 0. The molecule has 0 aliphatic heterocycles. The average Bonchev–Trinajstić information content (AvgIpc) is 2.82. The van der Waals surface area contributed by atoms with Gasteiger partial charge in [-0.15, -0.1) is 11.8 Å². The second kappa shape index (κ2) is 10.1. The number of nitrogens with zero attached hydrogens (tertiary/aromatic N) is 2. The van der Waals surface area contributed by atoms with Gasteiger partial charge in [0.2, 0.25) is 0 Å². The third kappa shape index (κ3) is 5.24. The first-order valence-electron chi connectivity index (χ1n) is 10.4. The number of para-hydroxylation sites is 1. The first-order valence-corrected chi connectivity index (χ1v) is 10.4. The zero-order valence-corrected chi connectivity index (χ0v) is 17.9. The van der Waals surface area contributed by atoms with E-state index in [9.17, 15) is 0 Å². The van der Waals surface area contributed by atoms with Gasteiger partial charge in [-0.3, -0.25) is 0 Å². The summed E-state index contributed by atoms with van der Waals surface area (Å²) >= 11 is 0. The van der Waals surface area contributed by atoms with Crippen LogP contribution in [0.4, 0.5) is 17.3 Å². The second-order valence-electron chi connectivity index (χ2n) is 7.17. The van der Waals surface area contributed by atoms with Crippen LogP contribution in [0.5, 0.6) is 11.5 Å². The molecule has 0 bridgehead atoms. The van der Waals surface area contributed by atoms with Crippen molar-refractivity contribution < 1.29 is 4.74 Å². The summed E-state index contributed by atoms with van der Waals surface area (Å²) in [6.45, 7) is 1.86. The number of hydrogen-bond acceptors (Lipinski definition) is 5. The van der Waals surface area contributed by atoms with E-state index in [1.807, 2.05) is 73.7 Å². The minimum Gasteiger partial charge on any atom is -0.457 e. The Bertz CT molecular complexity index is 1220. The Morgan fingerprint density at radius 3 is 2.31 bits per heavy atom. The molecular weight excluding hydrogens is 396 g/mol. The van der Waals surface area contributed by atoms with Crippen molar-refractivity contribution in [2.24, 2.45) is 0 Å².